The lowest BCUT2D eigenvalue weighted by Crippen LogP contribution is -2.26. The number of carbonyl (C=O) groups is 2. The lowest BCUT2D eigenvalue weighted by molar-refractivity contribution is -0.121. The second kappa shape index (κ2) is 8.24. The number of benzene rings is 2. The summed E-state index contributed by atoms with van der Waals surface area (Å²) in [7, 11) is 0. The second-order valence-electron chi connectivity index (χ2n) is 5.73. The molecule has 0 radical (unpaired) electrons. The fourth-order valence-electron chi connectivity index (χ4n) is 2.50. The van der Waals surface area contributed by atoms with E-state index >= 15 is 0 Å². The van der Waals surface area contributed by atoms with Crippen LogP contribution in [0.2, 0.25) is 0 Å². The third kappa shape index (κ3) is 4.91. The van der Waals surface area contributed by atoms with E-state index in [1.807, 2.05) is 6.92 Å². The van der Waals surface area contributed by atoms with Crippen molar-refractivity contribution in [1.29, 1.82) is 0 Å². The van der Waals surface area contributed by atoms with Crippen molar-refractivity contribution in [2.24, 2.45) is 0 Å². The minimum atomic E-state index is -0.961. The molecule has 2 rings (SSSR count). The number of aromatic carboxylic acids is 1. The van der Waals surface area contributed by atoms with Crippen molar-refractivity contribution in [2.45, 2.75) is 25.7 Å². The van der Waals surface area contributed by atoms with Gasteiger partial charge >= 0.3 is 5.97 Å². The predicted octanol–water partition coefficient (Wildman–Crippen LogP) is 3.38. The van der Waals surface area contributed by atoms with Gasteiger partial charge in [0, 0.05) is 13.0 Å². The summed E-state index contributed by atoms with van der Waals surface area (Å²) in [5.74, 6) is -1.58. The first-order valence-electron chi connectivity index (χ1n) is 7.80. The van der Waals surface area contributed by atoms with Crippen molar-refractivity contribution in [2.75, 3.05) is 6.54 Å². The topological polar surface area (TPSA) is 66.4 Å². The molecular weight excluding hydrogens is 309 g/mol. The van der Waals surface area contributed by atoms with Crippen molar-refractivity contribution in [3.8, 4) is 0 Å². The molecule has 0 spiro atoms. The SMILES string of the molecule is CC(CC(=O)NCCc1ccc(C(=O)O)cc1)c1ccccc1F. The molecule has 0 fully saturated rings. The van der Waals surface area contributed by atoms with Crippen LogP contribution in [0.4, 0.5) is 4.39 Å². The highest BCUT2D eigenvalue weighted by Gasteiger charge is 2.14. The summed E-state index contributed by atoms with van der Waals surface area (Å²) < 4.78 is 13.7. The highest BCUT2D eigenvalue weighted by molar-refractivity contribution is 5.87. The molecule has 0 aliphatic rings. The van der Waals surface area contributed by atoms with E-state index in [0.29, 0.717) is 18.5 Å². The highest BCUT2D eigenvalue weighted by Crippen LogP contribution is 2.21. The van der Waals surface area contributed by atoms with E-state index in [1.165, 1.54) is 6.07 Å². The van der Waals surface area contributed by atoms with Crippen LogP contribution in [0, 0.1) is 5.82 Å². The van der Waals surface area contributed by atoms with E-state index in [0.717, 1.165) is 5.56 Å². The predicted molar refractivity (Wildman–Crippen MR) is 89.5 cm³/mol. The van der Waals surface area contributed by atoms with Gasteiger partial charge in [-0.05, 0) is 41.7 Å². The monoisotopic (exact) mass is 329 g/mol. The number of rotatable bonds is 7. The quantitative estimate of drug-likeness (QED) is 0.818. The van der Waals surface area contributed by atoms with E-state index in [4.69, 9.17) is 5.11 Å². The summed E-state index contributed by atoms with van der Waals surface area (Å²) >= 11 is 0. The smallest absolute Gasteiger partial charge is 0.335 e. The van der Waals surface area contributed by atoms with Gasteiger partial charge in [-0.25, -0.2) is 9.18 Å². The zero-order valence-electron chi connectivity index (χ0n) is 13.5. The molecule has 0 aliphatic heterocycles. The van der Waals surface area contributed by atoms with Crippen molar-refractivity contribution in [3.05, 3.63) is 71.0 Å². The first kappa shape index (κ1) is 17.7. The maximum Gasteiger partial charge on any atom is 0.335 e. The third-order valence-corrected chi connectivity index (χ3v) is 3.86. The molecule has 24 heavy (non-hydrogen) atoms. The fraction of sp³-hybridized carbons (Fsp3) is 0.263. The lowest BCUT2D eigenvalue weighted by atomic mass is 9.97. The standard InChI is InChI=1S/C19H20FNO3/c1-13(16-4-2-3-5-17(16)20)12-18(22)21-11-10-14-6-8-15(9-7-14)19(23)24/h2-9,13H,10-12H2,1H3,(H,21,22)(H,23,24). The minimum Gasteiger partial charge on any atom is -0.478 e. The second-order valence-corrected chi connectivity index (χ2v) is 5.73. The molecule has 0 saturated heterocycles. The molecule has 2 aromatic carbocycles. The molecule has 4 nitrogen and oxygen atoms in total. The zero-order chi connectivity index (χ0) is 17.5. The normalized spacial score (nSPS) is 11.8. The first-order valence-corrected chi connectivity index (χ1v) is 7.80. The average molecular weight is 329 g/mol. The van der Waals surface area contributed by atoms with Crippen LogP contribution in [0.1, 0.15) is 40.7 Å². The van der Waals surface area contributed by atoms with Gasteiger partial charge in [-0.3, -0.25) is 4.79 Å². The van der Waals surface area contributed by atoms with Crippen LogP contribution in [0.3, 0.4) is 0 Å². The van der Waals surface area contributed by atoms with Gasteiger partial charge < -0.3 is 10.4 Å². The van der Waals surface area contributed by atoms with Gasteiger partial charge in [0.05, 0.1) is 5.56 Å². The summed E-state index contributed by atoms with van der Waals surface area (Å²) in [6.45, 7) is 2.28. The Morgan fingerprint density at radius 1 is 1.12 bits per heavy atom. The van der Waals surface area contributed by atoms with Gasteiger partial charge in [-0.2, -0.15) is 0 Å². The van der Waals surface area contributed by atoms with E-state index in [-0.39, 0.29) is 29.6 Å². The van der Waals surface area contributed by atoms with Crippen molar-refractivity contribution < 1.29 is 19.1 Å². The zero-order valence-corrected chi connectivity index (χ0v) is 13.5. The van der Waals surface area contributed by atoms with Gasteiger partial charge in [0.2, 0.25) is 5.91 Å². The number of hydrogen-bond acceptors (Lipinski definition) is 2. The number of carboxylic acids is 1. The third-order valence-electron chi connectivity index (χ3n) is 3.86. The number of carbonyl (C=O) groups excluding carboxylic acids is 1. The van der Waals surface area contributed by atoms with Crippen LogP contribution in [-0.4, -0.2) is 23.5 Å². The van der Waals surface area contributed by atoms with Crippen molar-refractivity contribution in [3.63, 3.8) is 0 Å². The molecule has 126 valence electrons. The molecule has 5 heteroatoms. The first-order chi connectivity index (χ1) is 11.5. The lowest BCUT2D eigenvalue weighted by Gasteiger charge is -2.13. The van der Waals surface area contributed by atoms with Gasteiger partial charge in [0.15, 0.2) is 0 Å². The van der Waals surface area contributed by atoms with Crippen LogP contribution in [-0.2, 0) is 11.2 Å². The van der Waals surface area contributed by atoms with E-state index in [1.54, 1.807) is 42.5 Å². The summed E-state index contributed by atoms with van der Waals surface area (Å²) in [4.78, 5) is 22.7. The summed E-state index contributed by atoms with van der Waals surface area (Å²) in [6, 6.07) is 13.0. The average Bonchev–Trinajstić information content (AvgIpc) is 2.55. The molecule has 0 saturated carbocycles. The molecule has 2 aromatic rings. The molecule has 2 N–H and O–H groups in total. The fourth-order valence-corrected chi connectivity index (χ4v) is 2.50. The summed E-state index contributed by atoms with van der Waals surface area (Å²) in [6.07, 6.45) is 0.832. The van der Waals surface area contributed by atoms with Crippen LogP contribution >= 0.6 is 0 Å². The van der Waals surface area contributed by atoms with Crippen LogP contribution < -0.4 is 5.32 Å². The van der Waals surface area contributed by atoms with E-state index in [9.17, 15) is 14.0 Å². The summed E-state index contributed by atoms with van der Waals surface area (Å²) in [5, 5.41) is 11.6. The Balaban J connectivity index is 1.79. The van der Waals surface area contributed by atoms with Gasteiger partial charge in [0.25, 0.3) is 0 Å². The number of hydrogen-bond donors (Lipinski definition) is 2. The Bertz CT molecular complexity index is 713. The Labute approximate surface area is 140 Å². The van der Waals surface area contributed by atoms with E-state index in [2.05, 4.69) is 5.32 Å². The van der Waals surface area contributed by atoms with Gasteiger partial charge in [0.1, 0.15) is 5.82 Å². The van der Waals surface area contributed by atoms with Crippen LogP contribution in [0.5, 0.6) is 0 Å². The van der Waals surface area contributed by atoms with E-state index < -0.39 is 5.97 Å². The molecule has 1 atom stereocenters. The molecule has 0 heterocycles. The maximum absolute atomic E-state index is 13.7. The molecule has 0 bridgehead atoms. The number of amides is 1. The summed E-state index contributed by atoms with van der Waals surface area (Å²) in [5.41, 5.74) is 1.72. The van der Waals surface area contributed by atoms with Crippen molar-refractivity contribution >= 4 is 11.9 Å². The molecular formula is C19H20FNO3. The van der Waals surface area contributed by atoms with Crippen molar-refractivity contribution in [1.82, 2.24) is 5.32 Å². The van der Waals surface area contributed by atoms with Crippen LogP contribution in [0.25, 0.3) is 0 Å². The Morgan fingerprint density at radius 2 is 1.79 bits per heavy atom. The molecule has 1 unspecified atom stereocenters. The maximum atomic E-state index is 13.7. The Kier molecular flexibility index (Phi) is 6.07. The Hall–Kier alpha value is -2.69. The minimum absolute atomic E-state index is 0.132. The number of nitrogens with one attached hydrogen (secondary N) is 1. The molecule has 0 aromatic heterocycles. The number of halogens is 1. The van der Waals surface area contributed by atoms with Gasteiger partial charge in [-0.1, -0.05) is 37.3 Å². The molecule has 0 aliphatic carbocycles. The largest absolute Gasteiger partial charge is 0.478 e. The van der Waals surface area contributed by atoms with Crippen LogP contribution in [0.15, 0.2) is 48.5 Å². The number of carboxylic acid groups (broad SMARTS) is 1. The molecule has 1 amide bonds. The van der Waals surface area contributed by atoms with Gasteiger partial charge in [-0.15, -0.1) is 0 Å². The Morgan fingerprint density at radius 3 is 2.42 bits per heavy atom. The highest BCUT2D eigenvalue weighted by atomic mass is 19.1.